The number of hydrogen-bond donors (Lipinski definition) is 1. The number of piperazine rings is 1. The number of H-pyrrole nitrogens is 1. The number of benzene rings is 2. The molecule has 2 aliphatic rings. The van der Waals surface area contributed by atoms with Crippen LogP contribution in [-0.4, -0.2) is 50.7 Å². The Morgan fingerprint density at radius 2 is 1.82 bits per heavy atom. The van der Waals surface area contributed by atoms with Gasteiger partial charge in [-0.3, -0.25) is 19.7 Å². The molecule has 8 nitrogen and oxygen atoms in total. The lowest BCUT2D eigenvalue weighted by Gasteiger charge is -2.47. The first-order chi connectivity index (χ1) is 16.5. The highest BCUT2D eigenvalue weighted by Crippen LogP contribution is 2.42. The molecule has 1 N–H and O–H groups in total. The number of fused-ring (bicyclic) bond motifs is 4. The van der Waals surface area contributed by atoms with Crippen LogP contribution in [0, 0.1) is 10.1 Å². The summed E-state index contributed by atoms with van der Waals surface area (Å²) in [5.74, 6) is -0.105. The molecule has 1 fully saturated rings. The summed E-state index contributed by atoms with van der Waals surface area (Å²) in [5, 5.41) is 12.2. The van der Waals surface area contributed by atoms with Gasteiger partial charge in [-0.15, -0.1) is 0 Å². The average molecular weight is 461 g/mol. The quantitative estimate of drug-likeness (QED) is 0.322. The fourth-order valence-electron chi connectivity index (χ4n) is 5.37. The third-order valence-corrected chi connectivity index (χ3v) is 7.04. The van der Waals surface area contributed by atoms with Crippen molar-refractivity contribution >= 4 is 28.4 Å². The number of aromatic nitrogens is 1. The van der Waals surface area contributed by atoms with Crippen molar-refractivity contribution in [1.82, 2.24) is 14.8 Å². The number of unbranched alkanes of at least 4 members (excludes halogenated alkanes) is 3. The van der Waals surface area contributed by atoms with Gasteiger partial charge >= 0.3 is 0 Å². The monoisotopic (exact) mass is 460 g/mol. The van der Waals surface area contributed by atoms with E-state index in [-0.39, 0.29) is 24.0 Å². The van der Waals surface area contributed by atoms with Crippen LogP contribution in [0.15, 0.2) is 48.5 Å². The van der Waals surface area contributed by atoms with Gasteiger partial charge in [-0.25, -0.2) is 0 Å². The summed E-state index contributed by atoms with van der Waals surface area (Å²) < 4.78 is 0. The molecule has 8 heteroatoms. The minimum atomic E-state index is -0.584. The fraction of sp³-hybridized carbons (Fsp3) is 0.385. The van der Waals surface area contributed by atoms with Crippen molar-refractivity contribution < 1.29 is 14.5 Å². The number of para-hydroxylation sites is 1. The highest BCUT2D eigenvalue weighted by molar-refractivity contribution is 5.97. The number of nitro benzene ring substituents is 1. The van der Waals surface area contributed by atoms with Crippen LogP contribution in [0.2, 0.25) is 0 Å². The maximum atomic E-state index is 13.6. The van der Waals surface area contributed by atoms with Crippen LogP contribution in [0.5, 0.6) is 0 Å². The number of hydrogen-bond acceptors (Lipinski definition) is 4. The SMILES string of the molecule is CCCCCCN1CC(=O)N2[C@@H](c3ccc([N+](=O)[O-])cc3)c3[nH]c4ccccc4c3C[C@H]2C1=O. The van der Waals surface area contributed by atoms with E-state index < -0.39 is 17.0 Å². The third kappa shape index (κ3) is 3.73. The molecule has 2 aliphatic heterocycles. The molecule has 34 heavy (non-hydrogen) atoms. The lowest BCUT2D eigenvalue weighted by atomic mass is 9.86. The number of nitro groups is 1. The van der Waals surface area contributed by atoms with Crippen LogP contribution < -0.4 is 0 Å². The van der Waals surface area contributed by atoms with Gasteiger partial charge in [0.25, 0.3) is 5.69 Å². The first-order valence-corrected chi connectivity index (χ1v) is 11.9. The van der Waals surface area contributed by atoms with Gasteiger partial charge < -0.3 is 14.8 Å². The van der Waals surface area contributed by atoms with E-state index in [2.05, 4.69) is 11.9 Å². The largest absolute Gasteiger partial charge is 0.356 e. The van der Waals surface area contributed by atoms with E-state index in [1.807, 2.05) is 24.3 Å². The van der Waals surface area contributed by atoms with Gasteiger partial charge in [-0.1, -0.05) is 44.4 Å². The summed E-state index contributed by atoms with van der Waals surface area (Å²) >= 11 is 0. The van der Waals surface area contributed by atoms with E-state index in [0.717, 1.165) is 53.4 Å². The van der Waals surface area contributed by atoms with Gasteiger partial charge in [0.1, 0.15) is 6.04 Å². The van der Waals surface area contributed by atoms with Crippen LogP contribution >= 0.6 is 0 Å². The van der Waals surface area contributed by atoms with E-state index in [9.17, 15) is 19.7 Å². The molecule has 0 aliphatic carbocycles. The predicted octanol–water partition coefficient (Wildman–Crippen LogP) is 4.34. The number of carbonyl (C=O) groups excluding carboxylic acids is 2. The summed E-state index contributed by atoms with van der Waals surface area (Å²) in [5.41, 5.74) is 3.61. The molecule has 2 amide bonds. The number of non-ortho nitro benzene ring substituents is 1. The van der Waals surface area contributed by atoms with Gasteiger partial charge in [0.05, 0.1) is 17.5 Å². The molecule has 0 bridgehead atoms. The molecule has 0 radical (unpaired) electrons. The van der Waals surface area contributed by atoms with Crippen molar-refractivity contribution in [2.45, 2.75) is 51.1 Å². The van der Waals surface area contributed by atoms with Crippen molar-refractivity contribution in [3.63, 3.8) is 0 Å². The van der Waals surface area contributed by atoms with Crippen LogP contribution in [0.25, 0.3) is 10.9 Å². The third-order valence-electron chi connectivity index (χ3n) is 7.04. The Morgan fingerprint density at radius 3 is 2.56 bits per heavy atom. The molecule has 2 atom stereocenters. The standard InChI is InChI=1S/C26H28N4O4/c1-2-3-4-7-14-28-16-23(31)29-22(26(28)32)15-20-19-8-5-6-9-21(19)27-24(20)25(29)17-10-12-18(13-11-17)30(33)34/h5-6,8-13,22,25,27H,2-4,7,14-16H2,1H3/t22-,25-/m0/s1. The summed E-state index contributed by atoms with van der Waals surface area (Å²) in [7, 11) is 0. The lowest BCUT2D eigenvalue weighted by Crippen LogP contribution is -2.63. The van der Waals surface area contributed by atoms with E-state index in [0.29, 0.717) is 13.0 Å². The molecular weight excluding hydrogens is 432 g/mol. The first kappa shape index (κ1) is 22.1. The fourth-order valence-corrected chi connectivity index (χ4v) is 5.37. The van der Waals surface area contributed by atoms with Crippen molar-refractivity contribution in [1.29, 1.82) is 0 Å². The lowest BCUT2D eigenvalue weighted by molar-refractivity contribution is -0.384. The van der Waals surface area contributed by atoms with Crippen molar-refractivity contribution in [3.05, 3.63) is 75.5 Å². The van der Waals surface area contributed by atoms with E-state index in [1.54, 1.807) is 21.9 Å². The van der Waals surface area contributed by atoms with Gasteiger partial charge in [0.2, 0.25) is 11.8 Å². The van der Waals surface area contributed by atoms with Crippen molar-refractivity contribution in [3.8, 4) is 0 Å². The van der Waals surface area contributed by atoms with E-state index in [1.165, 1.54) is 12.1 Å². The zero-order chi connectivity index (χ0) is 23.8. The van der Waals surface area contributed by atoms with Gasteiger partial charge in [0, 0.05) is 41.7 Å². The first-order valence-electron chi connectivity index (χ1n) is 11.9. The molecule has 3 aromatic rings. The predicted molar refractivity (Wildman–Crippen MR) is 128 cm³/mol. The van der Waals surface area contributed by atoms with Gasteiger partial charge in [-0.05, 0) is 35.7 Å². The summed E-state index contributed by atoms with van der Waals surface area (Å²) in [6.45, 7) is 2.81. The molecule has 3 heterocycles. The van der Waals surface area contributed by atoms with Crippen LogP contribution in [-0.2, 0) is 16.0 Å². The van der Waals surface area contributed by atoms with Crippen molar-refractivity contribution in [2.75, 3.05) is 13.1 Å². The average Bonchev–Trinajstić information content (AvgIpc) is 3.22. The maximum Gasteiger partial charge on any atom is 0.269 e. The second-order valence-corrected chi connectivity index (χ2v) is 9.16. The molecule has 0 spiro atoms. The Morgan fingerprint density at radius 1 is 1.06 bits per heavy atom. The molecule has 0 saturated carbocycles. The Hall–Kier alpha value is -3.68. The number of carbonyl (C=O) groups is 2. The molecule has 0 unspecified atom stereocenters. The van der Waals surface area contributed by atoms with Crippen LogP contribution in [0.3, 0.4) is 0 Å². The highest BCUT2D eigenvalue weighted by atomic mass is 16.6. The number of rotatable bonds is 7. The Bertz CT molecular complexity index is 1250. The van der Waals surface area contributed by atoms with Gasteiger partial charge in [-0.2, -0.15) is 0 Å². The Kier molecular flexibility index (Phi) is 5.81. The summed E-state index contributed by atoms with van der Waals surface area (Å²) in [4.78, 5) is 44.7. The minimum absolute atomic E-state index is 0.00715. The van der Waals surface area contributed by atoms with E-state index in [4.69, 9.17) is 0 Å². The van der Waals surface area contributed by atoms with Gasteiger partial charge in [0.15, 0.2) is 0 Å². The molecule has 2 aromatic carbocycles. The highest BCUT2D eigenvalue weighted by Gasteiger charge is 2.48. The molecule has 176 valence electrons. The smallest absolute Gasteiger partial charge is 0.269 e. The second kappa shape index (κ2) is 8.93. The second-order valence-electron chi connectivity index (χ2n) is 9.16. The zero-order valence-electron chi connectivity index (χ0n) is 19.2. The number of amides is 2. The molecule has 5 rings (SSSR count). The number of nitrogens with zero attached hydrogens (tertiary/aromatic N) is 3. The topological polar surface area (TPSA) is 99.5 Å². The molecular formula is C26H28N4O4. The molecule has 1 saturated heterocycles. The Labute approximate surface area is 197 Å². The van der Waals surface area contributed by atoms with Crippen LogP contribution in [0.1, 0.15) is 55.5 Å². The van der Waals surface area contributed by atoms with Crippen molar-refractivity contribution in [2.24, 2.45) is 0 Å². The summed E-state index contributed by atoms with van der Waals surface area (Å²) in [6, 6.07) is 13.2. The maximum absolute atomic E-state index is 13.6. The summed E-state index contributed by atoms with van der Waals surface area (Å²) in [6.07, 6.45) is 4.62. The Balaban J connectivity index is 1.56. The minimum Gasteiger partial charge on any atom is -0.356 e. The van der Waals surface area contributed by atoms with E-state index >= 15 is 0 Å². The molecule has 1 aromatic heterocycles. The normalized spacial score (nSPS) is 19.9. The zero-order valence-corrected chi connectivity index (χ0v) is 19.2. The number of nitrogens with one attached hydrogen (secondary N) is 1. The van der Waals surface area contributed by atoms with Crippen LogP contribution in [0.4, 0.5) is 5.69 Å². The number of aromatic amines is 1.